The fourth-order valence-corrected chi connectivity index (χ4v) is 29.2. The Morgan fingerprint density at radius 1 is 0.156 bits per heavy atom. The zero-order valence-electron chi connectivity index (χ0n) is 51.2. The van der Waals surface area contributed by atoms with E-state index >= 15 is 0 Å². The number of hydrogen-bond acceptors (Lipinski definition) is 0. The van der Waals surface area contributed by atoms with Gasteiger partial charge in [-0.05, 0) is 159 Å². The molecule has 458 valence electrons. The molecule has 2 radical (unpaired) electrons. The van der Waals surface area contributed by atoms with Gasteiger partial charge >= 0.3 is 0 Å². The van der Waals surface area contributed by atoms with Crippen LogP contribution in [0.2, 0.25) is 0 Å². The largest absolute Gasteiger partial charge is 0.0622 e. The molecule has 0 aliphatic carbocycles. The molecule has 0 bridgehead atoms. The van der Waals surface area contributed by atoms with Crippen LogP contribution in [0.15, 0.2) is 364 Å². The zero-order valence-corrected chi connectivity index (χ0v) is 58.4. The van der Waals surface area contributed by atoms with E-state index in [2.05, 4.69) is 378 Å². The monoisotopic (exact) mass is 1370 g/mol. The molecule has 8 heteroatoms. The van der Waals surface area contributed by atoms with Crippen molar-refractivity contribution in [3.05, 3.63) is 364 Å². The van der Waals surface area contributed by atoms with Crippen molar-refractivity contribution in [1.82, 2.24) is 0 Å². The van der Waals surface area contributed by atoms with Crippen LogP contribution in [0.3, 0.4) is 0 Å². The third-order valence-electron chi connectivity index (χ3n) is 16.1. The van der Waals surface area contributed by atoms with Gasteiger partial charge in [0.05, 0.1) is 0 Å². The van der Waals surface area contributed by atoms with Gasteiger partial charge in [-0.2, -0.15) is 0 Å². The van der Waals surface area contributed by atoms with Crippen LogP contribution in [0.25, 0.3) is 0 Å². The summed E-state index contributed by atoms with van der Waals surface area (Å²) in [5.74, 6) is 0. The van der Waals surface area contributed by atoms with E-state index in [0.717, 1.165) is 37.0 Å². The Morgan fingerprint density at radius 2 is 0.233 bits per heavy atom. The molecule has 0 heterocycles. The first-order chi connectivity index (χ1) is 43.4. The smallest absolute Gasteiger partial charge is 0 e. The Labute approximate surface area is 566 Å². The first kappa shape index (κ1) is 68.6. The van der Waals surface area contributed by atoms with Crippen molar-refractivity contribution in [2.75, 3.05) is 37.0 Å². The predicted molar refractivity (Wildman–Crippen MR) is 400 cm³/mol. The van der Waals surface area contributed by atoms with Crippen LogP contribution >= 0.6 is 47.5 Å². The van der Waals surface area contributed by atoms with Gasteiger partial charge in [0.2, 0.25) is 0 Å². The van der Waals surface area contributed by atoms with Crippen molar-refractivity contribution in [3.8, 4) is 0 Å². The SMILES string of the molecule is CC(CP(c1ccccc1)c1ccccc1)(CP(c1ccccc1)c1ccccc1)CP(c1ccccc1)c1ccccc1.CC(CP(c1ccccc1)c1ccccc1)(CP(c1ccccc1)c1ccccc1)CP(c1ccccc1)c1ccccc1.[Cu].[Cu]. The molecular weight excluding hydrogens is 1300 g/mol. The maximum absolute atomic E-state index is 2.61. The van der Waals surface area contributed by atoms with Crippen molar-refractivity contribution >= 4 is 111 Å². The first-order valence-corrected chi connectivity index (χ1v) is 39.8. The summed E-state index contributed by atoms with van der Waals surface area (Å²) < 4.78 is 0. The molecule has 0 amide bonds. The van der Waals surface area contributed by atoms with Crippen LogP contribution in [0.5, 0.6) is 0 Å². The van der Waals surface area contributed by atoms with Crippen LogP contribution in [0.4, 0.5) is 0 Å². The second-order valence-electron chi connectivity index (χ2n) is 23.2. The molecular formula is C82H78Cu2P6. The first-order valence-electron chi connectivity index (χ1n) is 30.6. The van der Waals surface area contributed by atoms with Crippen molar-refractivity contribution < 1.29 is 34.1 Å². The standard InChI is InChI=1S/2C41H39P3.2Cu/c2*1-41(32-42(35-20-8-2-9-21-35)36-22-10-3-11-23-36,33-43(37-24-12-4-13-25-37)38-26-14-5-15-27-38)34-44(39-28-16-6-17-29-39)40-30-18-7-19-31-40;;/h2*2-31H,32-34H2,1H3;;. The Hall–Kier alpha value is -5.74. The van der Waals surface area contributed by atoms with Gasteiger partial charge in [0, 0.05) is 34.1 Å². The molecule has 0 nitrogen and oxygen atoms in total. The van der Waals surface area contributed by atoms with Gasteiger partial charge < -0.3 is 0 Å². The van der Waals surface area contributed by atoms with E-state index in [1.165, 1.54) is 63.7 Å². The number of rotatable bonds is 24. The minimum absolute atomic E-state index is 0. The molecule has 12 aromatic rings. The molecule has 0 N–H and O–H groups in total. The van der Waals surface area contributed by atoms with Gasteiger partial charge in [-0.3, -0.25) is 0 Å². The van der Waals surface area contributed by atoms with Crippen LogP contribution in [0.1, 0.15) is 13.8 Å². The van der Waals surface area contributed by atoms with Gasteiger partial charge in [0.25, 0.3) is 0 Å². The molecule has 0 atom stereocenters. The molecule has 0 saturated carbocycles. The van der Waals surface area contributed by atoms with E-state index in [1.54, 1.807) is 0 Å². The maximum Gasteiger partial charge on any atom is 0 e. The van der Waals surface area contributed by atoms with E-state index in [9.17, 15) is 0 Å². The summed E-state index contributed by atoms with van der Waals surface area (Å²) in [4.78, 5) is 0. The maximum atomic E-state index is 2.61. The molecule has 12 rings (SSSR count). The number of benzene rings is 12. The summed E-state index contributed by atoms with van der Waals surface area (Å²) in [5, 5.41) is 17.6. The minimum Gasteiger partial charge on any atom is -0.0622 e. The second-order valence-corrected chi connectivity index (χ2v) is 36.4. The van der Waals surface area contributed by atoms with Gasteiger partial charge in [0.1, 0.15) is 0 Å². The fourth-order valence-electron chi connectivity index (χ4n) is 11.9. The van der Waals surface area contributed by atoms with Crippen molar-refractivity contribution in [2.24, 2.45) is 10.8 Å². The van der Waals surface area contributed by atoms with E-state index in [4.69, 9.17) is 0 Å². The normalized spacial score (nSPS) is 11.5. The molecule has 90 heavy (non-hydrogen) atoms. The Balaban J connectivity index is 0.000000209. The van der Waals surface area contributed by atoms with Crippen molar-refractivity contribution in [2.45, 2.75) is 13.8 Å². The molecule has 0 saturated heterocycles. The van der Waals surface area contributed by atoms with Gasteiger partial charge in [-0.25, -0.2) is 0 Å². The average Bonchev–Trinajstić information content (AvgIpc) is 3.29. The van der Waals surface area contributed by atoms with E-state index < -0.39 is 47.5 Å². The summed E-state index contributed by atoms with van der Waals surface area (Å²) in [5.41, 5.74) is 0.151. The quantitative estimate of drug-likeness (QED) is 0.0418. The average molecular weight is 1380 g/mol. The van der Waals surface area contributed by atoms with Crippen molar-refractivity contribution in [3.63, 3.8) is 0 Å². The topological polar surface area (TPSA) is 0 Å². The summed E-state index contributed by atoms with van der Waals surface area (Å²) in [7, 11) is -3.33. The van der Waals surface area contributed by atoms with E-state index in [-0.39, 0.29) is 45.0 Å². The summed E-state index contributed by atoms with van der Waals surface area (Å²) in [6.07, 6.45) is 6.88. The number of hydrogen-bond donors (Lipinski definition) is 0. The Morgan fingerprint density at radius 3 is 0.311 bits per heavy atom. The Kier molecular flexibility index (Phi) is 26.9. The summed E-state index contributed by atoms with van der Waals surface area (Å²) >= 11 is 0. The fraction of sp³-hybridized carbons (Fsp3) is 0.122. The van der Waals surface area contributed by atoms with E-state index in [0.29, 0.717) is 0 Å². The molecule has 0 aromatic heterocycles. The van der Waals surface area contributed by atoms with Gasteiger partial charge in [0.15, 0.2) is 0 Å². The second kappa shape index (κ2) is 35.3. The van der Waals surface area contributed by atoms with E-state index in [1.807, 2.05) is 0 Å². The molecule has 0 fully saturated rings. The van der Waals surface area contributed by atoms with Crippen LogP contribution in [-0.4, -0.2) is 37.0 Å². The summed E-state index contributed by atoms with van der Waals surface area (Å²) in [6, 6.07) is 135. The molecule has 0 aliphatic rings. The zero-order chi connectivity index (χ0) is 60.1. The summed E-state index contributed by atoms with van der Waals surface area (Å²) in [6.45, 7) is 5.22. The third-order valence-corrected chi connectivity index (χ3v) is 33.6. The van der Waals surface area contributed by atoms with Crippen LogP contribution in [0, 0.1) is 10.8 Å². The van der Waals surface area contributed by atoms with Gasteiger partial charge in [-0.1, -0.05) is 378 Å². The van der Waals surface area contributed by atoms with Crippen LogP contribution in [-0.2, 0) is 34.1 Å². The predicted octanol–water partition coefficient (Wildman–Crippen LogP) is 16.8. The van der Waals surface area contributed by atoms with Gasteiger partial charge in [-0.15, -0.1) is 0 Å². The molecule has 0 unspecified atom stereocenters. The minimum atomic E-state index is -0.555. The molecule has 0 aliphatic heterocycles. The van der Waals surface area contributed by atoms with Crippen molar-refractivity contribution in [1.29, 1.82) is 0 Å². The molecule has 12 aromatic carbocycles. The Bertz CT molecular complexity index is 2980. The van der Waals surface area contributed by atoms with Crippen LogP contribution < -0.4 is 63.7 Å². The molecule has 0 spiro atoms. The third kappa shape index (κ3) is 19.2.